The lowest BCUT2D eigenvalue weighted by Crippen LogP contribution is -2.29. The highest BCUT2D eigenvalue weighted by atomic mass is 19.1. The fraction of sp³-hybridized carbons (Fsp3) is 0.250. The van der Waals surface area contributed by atoms with E-state index in [0.717, 1.165) is 0 Å². The summed E-state index contributed by atoms with van der Waals surface area (Å²) < 4.78 is 23.0. The summed E-state index contributed by atoms with van der Waals surface area (Å²) in [6.07, 6.45) is 0. The quantitative estimate of drug-likeness (QED) is 0.573. The van der Waals surface area contributed by atoms with Gasteiger partial charge in [-0.3, -0.25) is 14.3 Å². The normalized spacial score (nSPS) is 11.7. The summed E-state index contributed by atoms with van der Waals surface area (Å²) in [4.78, 5) is 26.9. The fourth-order valence-corrected chi connectivity index (χ4v) is 3.02. The van der Waals surface area contributed by atoms with Crippen molar-refractivity contribution in [1.82, 2.24) is 28.7 Å². The number of H-pyrrole nitrogens is 1. The number of benzene rings is 1. The molecule has 0 bridgehead atoms. The topological polar surface area (TPSA) is 99.2 Å². The van der Waals surface area contributed by atoms with E-state index in [1.165, 1.54) is 16.7 Å². The Balaban J connectivity index is 2.15. The first kappa shape index (κ1) is 16.2. The van der Waals surface area contributed by atoms with Crippen LogP contribution in [0.15, 0.2) is 33.9 Å². The number of fused-ring (bicyclic) bond motifs is 3. The van der Waals surface area contributed by atoms with Crippen LogP contribution in [-0.4, -0.2) is 42.4 Å². The van der Waals surface area contributed by atoms with Crippen molar-refractivity contribution in [1.29, 1.82) is 0 Å². The third-order valence-electron chi connectivity index (χ3n) is 4.26. The van der Waals surface area contributed by atoms with E-state index in [0.29, 0.717) is 36.0 Å². The number of hydrogen-bond donors (Lipinski definition) is 1. The second kappa shape index (κ2) is 5.92. The number of aromatic nitrogens is 6. The highest BCUT2D eigenvalue weighted by molar-refractivity contribution is 5.79. The number of ether oxygens (including phenoxy) is 1. The van der Waals surface area contributed by atoms with E-state index in [1.54, 1.807) is 35.3 Å². The van der Waals surface area contributed by atoms with Crippen molar-refractivity contribution in [3.63, 3.8) is 0 Å². The first-order chi connectivity index (χ1) is 12.5. The van der Waals surface area contributed by atoms with Crippen LogP contribution in [0.1, 0.15) is 0 Å². The summed E-state index contributed by atoms with van der Waals surface area (Å²) in [7, 11) is 3.10. The molecule has 0 saturated carbocycles. The number of rotatable bonds is 4. The van der Waals surface area contributed by atoms with Gasteiger partial charge in [0.25, 0.3) is 5.56 Å². The first-order valence-corrected chi connectivity index (χ1v) is 7.84. The molecule has 10 heteroatoms. The molecule has 4 rings (SSSR count). The molecule has 9 nitrogen and oxygen atoms in total. The molecule has 0 fully saturated rings. The van der Waals surface area contributed by atoms with E-state index in [2.05, 4.69) is 15.2 Å². The molecular weight excluding hydrogens is 343 g/mol. The van der Waals surface area contributed by atoms with E-state index in [4.69, 9.17) is 4.74 Å². The highest BCUT2D eigenvalue weighted by Crippen LogP contribution is 2.24. The molecule has 4 aromatic rings. The molecule has 0 saturated heterocycles. The van der Waals surface area contributed by atoms with E-state index >= 15 is 0 Å². The number of hydrogen-bond acceptors (Lipinski definition) is 5. The average Bonchev–Trinajstić information content (AvgIpc) is 3.17. The van der Waals surface area contributed by atoms with Gasteiger partial charge in [0.05, 0.1) is 6.61 Å². The molecule has 0 spiro atoms. The van der Waals surface area contributed by atoms with Crippen LogP contribution >= 0.6 is 0 Å². The zero-order valence-electron chi connectivity index (χ0n) is 14.1. The Kier molecular flexibility index (Phi) is 3.69. The molecule has 0 unspecified atom stereocenters. The Bertz CT molecular complexity index is 1230. The van der Waals surface area contributed by atoms with E-state index in [-0.39, 0.29) is 11.3 Å². The van der Waals surface area contributed by atoms with Gasteiger partial charge < -0.3 is 9.30 Å². The van der Waals surface area contributed by atoms with Crippen molar-refractivity contribution in [2.24, 2.45) is 7.05 Å². The SMILES string of the molecule is COCCn1c2c(=O)[nH]c(=O)n(C)c2n2c(-c3ccc(F)cc3)nnc12. The van der Waals surface area contributed by atoms with E-state index in [1.807, 2.05) is 0 Å². The Morgan fingerprint density at radius 1 is 1.19 bits per heavy atom. The van der Waals surface area contributed by atoms with Crippen LogP contribution < -0.4 is 11.2 Å². The van der Waals surface area contributed by atoms with Crippen molar-refractivity contribution in [2.75, 3.05) is 13.7 Å². The van der Waals surface area contributed by atoms with Crippen molar-refractivity contribution in [3.8, 4) is 11.4 Å². The summed E-state index contributed by atoms with van der Waals surface area (Å²) in [5, 5.41) is 8.35. The summed E-state index contributed by atoms with van der Waals surface area (Å²) in [5.74, 6) is 0.422. The Labute approximate surface area is 145 Å². The summed E-state index contributed by atoms with van der Waals surface area (Å²) in [6, 6.07) is 5.75. The molecule has 1 aromatic carbocycles. The number of aryl methyl sites for hydroxylation is 1. The molecule has 3 heterocycles. The summed E-state index contributed by atoms with van der Waals surface area (Å²) in [6.45, 7) is 0.701. The minimum Gasteiger partial charge on any atom is -0.383 e. The zero-order valence-corrected chi connectivity index (χ0v) is 14.1. The minimum atomic E-state index is -0.549. The van der Waals surface area contributed by atoms with Gasteiger partial charge in [0, 0.05) is 26.3 Å². The third-order valence-corrected chi connectivity index (χ3v) is 4.26. The van der Waals surface area contributed by atoms with Crippen LogP contribution in [-0.2, 0) is 18.3 Å². The van der Waals surface area contributed by atoms with E-state index < -0.39 is 11.2 Å². The van der Waals surface area contributed by atoms with Crippen molar-refractivity contribution in [2.45, 2.75) is 6.54 Å². The molecule has 1 N–H and O–H groups in total. The number of halogens is 1. The van der Waals surface area contributed by atoms with Crippen LogP contribution in [0.5, 0.6) is 0 Å². The number of nitrogens with one attached hydrogen (secondary N) is 1. The van der Waals surface area contributed by atoms with Crippen molar-refractivity contribution in [3.05, 3.63) is 50.9 Å². The predicted octanol–water partition coefficient (Wildman–Crippen LogP) is 0.523. The average molecular weight is 358 g/mol. The monoisotopic (exact) mass is 358 g/mol. The van der Waals surface area contributed by atoms with Gasteiger partial charge in [0.1, 0.15) is 5.82 Å². The van der Waals surface area contributed by atoms with Crippen LogP contribution in [0.4, 0.5) is 4.39 Å². The van der Waals surface area contributed by atoms with Crippen LogP contribution in [0.2, 0.25) is 0 Å². The zero-order chi connectivity index (χ0) is 18.4. The van der Waals surface area contributed by atoms with Crippen molar-refractivity contribution < 1.29 is 9.13 Å². The predicted molar refractivity (Wildman–Crippen MR) is 91.6 cm³/mol. The second-order valence-electron chi connectivity index (χ2n) is 5.80. The minimum absolute atomic E-state index is 0.289. The maximum Gasteiger partial charge on any atom is 0.329 e. The molecule has 0 atom stereocenters. The summed E-state index contributed by atoms with van der Waals surface area (Å²) in [5.41, 5.74) is 0.186. The largest absolute Gasteiger partial charge is 0.383 e. The molecule has 0 aliphatic heterocycles. The second-order valence-corrected chi connectivity index (χ2v) is 5.80. The van der Waals surface area contributed by atoms with Gasteiger partial charge in [-0.2, -0.15) is 0 Å². The maximum atomic E-state index is 13.3. The fourth-order valence-electron chi connectivity index (χ4n) is 3.02. The molecule has 0 amide bonds. The van der Waals surface area contributed by atoms with Crippen LogP contribution in [0.25, 0.3) is 28.3 Å². The molecule has 26 heavy (non-hydrogen) atoms. The van der Waals surface area contributed by atoms with E-state index in [9.17, 15) is 14.0 Å². The standard InChI is InChI=1S/C16H15FN6O3/c1-21-14-11(13(24)18-16(21)25)22(7-8-26-2)15-20-19-12(23(14)15)9-3-5-10(17)6-4-9/h3-6H,7-8H2,1-2H3,(H,18,24,25). The number of nitrogens with zero attached hydrogens (tertiary/aromatic N) is 5. The van der Waals surface area contributed by atoms with Gasteiger partial charge in [0.15, 0.2) is 17.0 Å². The van der Waals surface area contributed by atoms with Gasteiger partial charge in [-0.1, -0.05) is 0 Å². The maximum absolute atomic E-state index is 13.3. The lowest BCUT2D eigenvalue weighted by atomic mass is 10.2. The Morgan fingerprint density at radius 3 is 2.62 bits per heavy atom. The number of methoxy groups -OCH3 is 1. The molecule has 134 valence electrons. The van der Waals surface area contributed by atoms with Gasteiger partial charge in [-0.25, -0.2) is 13.6 Å². The number of aromatic amines is 1. The molecule has 3 aromatic heterocycles. The van der Waals surface area contributed by atoms with Crippen LogP contribution in [0, 0.1) is 5.82 Å². The van der Waals surface area contributed by atoms with Crippen LogP contribution in [0.3, 0.4) is 0 Å². The van der Waals surface area contributed by atoms with Gasteiger partial charge in [-0.05, 0) is 24.3 Å². The van der Waals surface area contributed by atoms with Gasteiger partial charge in [-0.15, -0.1) is 10.2 Å². The Hall–Kier alpha value is -3.27. The molecular formula is C16H15FN6O3. The lowest BCUT2D eigenvalue weighted by Gasteiger charge is -2.04. The highest BCUT2D eigenvalue weighted by Gasteiger charge is 2.22. The van der Waals surface area contributed by atoms with Gasteiger partial charge >= 0.3 is 5.69 Å². The summed E-state index contributed by atoms with van der Waals surface area (Å²) >= 11 is 0. The third kappa shape index (κ3) is 2.26. The lowest BCUT2D eigenvalue weighted by molar-refractivity contribution is 0.189. The smallest absolute Gasteiger partial charge is 0.329 e. The molecule has 0 radical (unpaired) electrons. The molecule has 0 aliphatic rings. The molecule has 0 aliphatic carbocycles. The number of imidazole rings is 1. The van der Waals surface area contributed by atoms with Gasteiger partial charge in [0.2, 0.25) is 5.78 Å². The first-order valence-electron chi connectivity index (χ1n) is 7.84. The Morgan fingerprint density at radius 2 is 1.92 bits per heavy atom. The van der Waals surface area contributed by atoms with Crippen molar-refractivity contribution >= 4 is 16.9 Å².